The average Bonchev–Trinajstić information content (AvgIpc) is 2.71. The van der Waals surface area contributed by atoms with Gasteiger partial charge in [0.25, 0.3) is 0 Å². The summed E-state index contributed by atoms with van der Waals surface area (Å²) >= 11 is 0. The molecule has 1 fully saturated rings. The molecule has 2 heterocycles. The summed E-state index contributed by atoms with van der Waals surface area (Å²) in [5.41, 5.74) is -0.725. The van der Waals surface area contributed by atoms with Gasteiger partial charge in [0, 0.05) is 5.56 Å². The summed E-state index contributed by atoms with van der Waals surface area (Å²) in [6, 6.07) is 1.61. The topological polar surface area (TPSA) is 67.5 Å². The zero-order chi connectivity index (χ0) is 10.4. The van der Waals surface area contributed by atoms with E-state index in [9.17, 15) is 13.5 Å². The van der Waals surface area contributed by atoms with Crippen molar-refractivity contribution in [3.8, 4) is 0 Å². The molecule has 2 unspecified atom stereocenters. The second-order valence-electron chi connectivity index (χ2n) is 3.70. The van der Waals surface area contributed by atoms with Crippen LogP contribution in [0.25, 0.3) is 0 Å². The molecular formula is C9H12O4S. The van der Waals surface area contributed by atoms with Gasteiger partial charge in [-0.2, -0.15) is 0 Å². The van der Waals surface area contributed by atoms with E-state index in [1.54, 1.807) is 6.07 Å². The van der Waals surface area contributed by atoms with Crippen molar-refractivity contribution >= 4 is 9.84 Å². The lowest BCUT2D eigenvalue weighted by atomic mass is 9.91. The predicted molar refractivity (Wildman–Crippen MR) is 50.5 cm³/mol. The van der Waals surface area contributed by atoms with Crippen LogP contribution in [-0.4, -0.2) is 24.5 Å². The Balaban J connectivity index is 2.45. The Bertz CT molecular complexity index is 420. The van der Waals surface area contributed by atoms with Gasteiger partial charge in [-0.05, 0) is 19.4 Å². The zero-order valence-corrected chi connectivity index (χ0v) is 8.62. The van der Waals surface area contributed by atoms with Crippen LogP contribution in [0.4, 0.5) is 0 Å². The van der Waals surface area contributed by atoms with Gasteiger partial charge in [0.15, 0.2) is 9.84 Å². The molecule has 0 amide bonds. The summed E-state index contributed by atoms with van der Waals surface area (Å²) in [5.74, 6) is 0.0375. The Morgan fingerprint density at radius 2 is 2.36 bits per heavy atom. The molecule has 2 atom stereocenters. The molecule has 0 radical (unpaired) electrons. The van der Waals surface area contributed by atoms with E-state index in [1.807, 2.05) is 0 Å². The van der Waals surface area contributed by atoms with Crippen LogP contribution in [0, 0.1) is 0 Å². The number of hydrogen-bond acceptors (Lipinski definition) is 4. The van der Waals surface area contributed by atoms with E-state index in [1.165, 1.54) is 19.5 Å². The zero-order valence-electron chi connectivity index (χ0n) is 7.80. The average molecular weight is 216 g/mol. The fourth-order valence-electron chi connectivity index (χ4n) is 1.86. The first kappa shape index (κ1) is 9.73. The van der Waals surface area contributed by atoms with Gasteiger partial charge in [-0.15, -0.1) is 0 Å². The third-order valence-electron chi connectivity index (χ3n) is 3.00. The van der Waals surface area contributed by atoms with Crippen molar-refractivity contribution in [3.05, 3.63) is 24.2 Å². The predicted octanol–water partition coefficient (Wildman–Crippen LogP) is 0.674. The second-order valence-corrected chi connectivity index (χ2v) is 6.14. The van der Waals surface area contributed by atoms with Crippen LogP contribution in [0.2, 0.25) is 0 Å². The molecule has 0 spiro atoms. The van der Waals surface area contributed by atoms with Crippen molar-refractivity contribution in [3.63, 3.8) is 0 Å². The Morgan fingerprint density at radius 3 is 2.79 bits per heavy atom. The Kier molecular flexibility index (Phi) is 1.97. The molecule has 4 nitrogen and oxygen atoms in total. The van der Waals surface area contributed by atoms with E-state index in [0.717, 1.165) is 0 Å². The summed E-state index contributed by atoms with van der Waals surface area (Å²) in [4.78, 5) is 0. The van der Waals surface area contributed by atoms with Gasteiger partial charge in [0.2, 0.25) is 0 Å². The molecule has 5 heteroatoms. The molecule has 0 aromatic carbocycles. The van der Waals surface area contributed by atoms with Gasteiger partial charge in [-0.3, -0.25) is 0 Å². The molecule has 0 saturated carbocycles. The fraction of sp³-hybridized carbons (Fsp3) is 0.556. The van der Waals surface area contributed by atoms with Crippen molar-refractivity contribution in [1.82, 2.24) is 0 Å². The van der Waals surface area contributed by atoms with Crippen LogP contribution < -0.4 is 0 Å². The van der Waals surface area contributed by atoms with Crippen molar-refractivity contribution < 1.29 is 17.9 Å². The maximum Gasteiger partial charge on any atom is 0.156 e. The first-order valence-electron chi connectivity index (χ1n) is 4.43. The van der Waals surface area contributed by atoms with Crippen LogP contribution in [0.3, 0.4) is 0 Å². The Labute approximate surface area is 82.5 Å². The smallest absolute Gasteiger partial charge is 0.156 e. The summed E-state index contributed by atoms with van der Waals surface area (Å²) in [6.45, 7) is 1.54. The van der Waals surface area contributed by atoms with E-state index < -0.39 is 20.7 Å². The van der Waals surface area contributed by atoms with Crippen LogP contribution in [0.1, 0.15) is 18.9 Å². The monoisotopic (exact) mass is 216 g/mol. The van der Waals surface area contributed by atoms with E-state index in [-0.39, 0.29) is 12.2 Å². The first-order chi connectivity index (χ1) is 6.47. The molecule has 2 rings (SSSR count). The molecule has 1 aromatic heterocycles. The standard InChI is InChI=1S/C9H12O4S/c1-7-9(10,3-5-14(7,11)12)8-2-4-13-6-8/h2,4,6-7,10H,3,5H2,1H3. The summed E-state index contributed by atoms with van der Waals surface area (Å²) < 4.78 is 27.8. The summed E-state index contributed by atoms with van der Waals surface area (Å²) in [5, 5.41) is 9.46. The van der Waals surface area contributed by atoms with E-state index in [2.05, 4.69) is 0 Å². The highest BCUT2D eigenvalue weighted by molar-refractivity contribution is 7.92. The SMILES string of the molecule is CC1C(O)(c2ccoc2)CCS1(=O)=O. The lowest BCUT2D eigenvalue weighted by molar-refractivity contribution is 0.0412. The van der Waals surface area contributed by atoms with E-state index in [0.29, 0.717) is 5.56 Å². The first-order valence-corrected chi connectivity index (χ1v) is 6.15. The largest absolute Gasteiger partial charge is 0.472 e. The minimum atomic E-state index is -3.15. The number of furan rings is 1. The number of aliphatic hydroxyl groups is 1. The second kappa shape index (κ2) is 2.84. The van der Waals surface area contributed by atoms with Crippen LogP contribution >= 0.6 is 0 Å². The number of rotatable bonds is 1. The molecule has 1 aliphatic heterocycles. The molecule has 1 aromatic rings. The van der Waals surface area contributed by atoms with Crippen molar-refractivity contribution in [2.24, 2.45) is 0 Å². The van der Waals surface area contributed by atoms with Gasteiger partial charge in [-0.1, -0.05) is 0 Å². The van der Waals surface area contributed by atoms with Crippen molar-refractivity contribution in [2.75, 3.05) is 5.75 Å². The van der Waals surface area contributed by atoms with Gasteiger partial charge in [-0.25, -0.2) is 8.42 Å². The minimum absolute atomic E-state index is 0.0375. The number of hydrogen-bond donors (Lipinski definition) is 1. The Hall–Kier alpha value is -0.810. The molecule has 0 bridgehead atoms. The highest BCUT2D eigenvalue weighted by Crippen LogP contribution is 2.39. The molecule has 1 aliphatic rings. The molecule has 78 valence electrons. The molecule has 0 aliphatic carbocycles. The Morgan fingerprint density at radius 1 is 1.64 bits per heavy atom. The third kappa shape index (κ3) is 1.19. The molecular weight excluding hydrogens is 204 g/mol. The minimum Gasteiger partial charge on any atom is -0.472 e. The van der Waals surface area contributed by atoms with Gasteiger partial charge >= 0.3 is 0 Å². The summed E-state index contributed by atoms with van der Waals surface area (Å²) in [6.07, 6.45) is 3.08. The van der Waals surface area contributed by atoms with E-state index >= 15 is 0 Å². The molecule has 1 saturated heterocycles. The maximum atomic E-state index is 11.5. The number of sulfone groups is 1. The van der Waals surface area contributed by atoms with E-state index in [4.69, 9.17) is 4.42 Å². The van der Waals surface area contributed by atoms with Crippen LogP contribution in [0.15, 0.2) is 23.0 Å². The van der Waals surface area contributed by atoms with Gasteiger partial charge in [0.1, 0.15) is 5.60 Å². The molecule has 14 heavy (non-hydrogen) atoms. The third-order valence-corrected chi connectivity index (χ3v) is 5.24. The summed E-state index contributed by atoms with van der Waals surface area (Å²) in [7, 11) is -3.15. The van der Waals surface area contributed by atoms with Crippen molar-refractivity contribution in [2.45, 2.75) is 24.2 Å². The van der Waals surface area contributed by atoms with Gasteiger partial charge < -0.3 is 9.52 Å². The van der Waals surface area contributed by atoms with Crippen molar-refractivity contribution in [1.29, 1.82) is 0 Å². The quantitative estimate of drug-likeness (QED) is 0.749. The maximum absolute atomic E-state index is 11.5. The van der Waals surface area contributed by atoms with Gasteiger partial charge in [0.05, 0.1) is 23.5 Å². The highest BCUT2D eigenvalue weighted by atomic mass is 32.2. The molecule has 1 N–H and O–H groups in total. The van der Waals surface area contributed by atoms with Crippen LogP contribution in [-0.2, 0) is 15.4 Å². The fourth-order valence-corrected chi connectivity index (χ4v) is 3.66. The van der Waals surface area contributed by atoms with Crippen LogP contribution in [0.5, 0.6) is 0 Å². The normalized spacial score (nSPS) is 36.0. The lowest BCUT2D eigenvalue weighted by Crippen LogP contribution is -2.35. The lowest BCUT2D eigenvalue weighted by Gasteiger charge is -2.24. The highest BCUT2D eigenvalue weighted by Gasteiger charge is 2.49.